The molecule has 0 saturated heterocycles. The summed E-state index contributed by atoms with van der Waals surface area (Å²) in [5.41, 5.74) is 2.39. The summed E-state index contributed by atoms with van der Waals surface area (Å²) in [7, 11) is 0. The third-order valence-electron chi connectivity index (χ3n) is 3.14. The largest absolute Gasteiger partial charge is 0.467 e. The Hall–Kier alpha value is -1.48. The minimum atomic E-state index is 0.0763. The molecule has 0 fully saturated rings. The van der Waals surface area contributed by atoms with E-state index in [1.165, 1.54) is 11.1 Å². The first-order valence-electron chi connectivity index (χ1n) is 5.98. The second kappa shape index (κ2) is 4.80. The predicted molar refractivity (Wildman–Crippen MR) is 67.1 cm³/mol. The third kappa shape index (κ3) is 2.15. The molecule has 0 aromatic carbocycles. The second-order valence-electron chi connectivity index (χ2n) is 4.26. The van der Waals surface area contributed by atoms with E-state index in [1.807, 2.05) is 26.0 Å². The molecular formula is C14H19NO2. The maximum absolute atomic E-state index is 5.69. The molecule has 1 atom stereocenters. The minimum Gasteiger partial charge on any atom is -0.467 e. The number of furan rings is 2. The lowest BCUT2D eigenvalue weighted by molar-refractivity contribution is 0.442. The van der Waals surface area contributed by atoms with E-state index in [0.29, 0.717) is 0 Å². The normalized spacial score (nSPS) is 12.9. The van der Waals surface area contributed by atoms with Gasteiger partial charge in [0.25, 0.3) is 0 Å². The summed E-state index contributed by atoms with van der Waals surface area (Å²) in [4.78, 5) is 0. The smallest absolute Gasteiger partial charge is 0.125 e. The highest BCUT2D eigenvalue weighted by molar-refractivity contribution is 5.38. The van der Waals surface area contributed by atoms with Crippen LogP contribution in [0.4, 0.5) is 0 Å². The molecule has 0 bridgehead atoms. The summed E-state index contributed by atoms with van der Waals surface area (Å²) in [6.45, 7) is 9.07. The van der Waals surface area contributed by atoms with Gasteiger partial charge in [0.05, 0.1) is 12.3 Å². The molecule has 0 radical (unpaired) electrons. The number of aryl methyl sites for hydroxylation is 2. The quantitative estimate of drug-likeness (QED) is 0.878. The van der Waals surface area contributed by atoms with Crippen LogP contribution in [0, 0.1) is 20.8 Å². The zero-order chi connectivity index (χ0) is 12.4. The first-order chi connectivity index (χ1) is 8.15. The van der Waals surface area contributed by atoms with Crippen LogP contribution in [-0.4, -0.2) is 6.54 Å². The van der Waals surface area contributed by atoms with Crippen LogP contribution in [0.5, 0.6) is 0 Å². The van der Waals surface area contributed by atoms with Gasteiger partial charge in [-0.25, -0.2) is 0 Å². The molecule has 1 N–H and O–H groups in total. The molecule has 0 aliphatic heterocycles. The molecule has 2 rings (SSSR count). The van der Waals surface area contributed by atoms with E-state index >= 15 is 0 Å². The topological polar surface area (TPSA) is 38.3 Å². The van der Waals surface area contributed by atoms with Crippen LogP contribution in [0.15, 0.2) is 27.2 Å². The molecule has 2 heterocycles. The molecule has 0 aliphatic carbocycles. The Labute approximate surface area is 102 Å². The average Bonchev–Trinajstić information content (AvgIpc) is 2.88. The lowest BCUT2D eigenvalue weighted by atomic mass is 10.00. The molecule has 2 aromatic heterocycles. The molecule has 0 amide bonds. The van der Waals surface area contributed by atoms with E-state index < -0.39 is 0 Å². The highest BCUT2D eigenvalue weighted by Gasteiger charge is 2.23. The molecule has 0 spiro atoms. The van der Waals surface area contributed by atoms with Crippen molar-refractivity contribution in [1.29, 1.82) is 0 Å². The Kier molecular flexibility index (Phi) is 3.38. The van der Waals surface area contributed by atoms with Gasteiger partial charge in [0.1, 0.15) is 17.3 Å². The van der Waals surface area contributed by atoms with E-state index in [0.717, 1.165) is 23.8 Å². The first-order valence-corrected chi connectivity index (χ1v) is 5.98. The SMILES string of the molecule is CCNC(c1ccco1)c1c(C)oc(C)c1C. The van der Waals surface area contributed by atoms with E-state index in [4.69, 9.17) is 8.83 Å². The molecule has 0 saturated carbocycles. The number of nitrogens with one attached hydrogen (secondary N) is 1. The molecule has 3 heteroatoms. The molecule has 1 unspecified atom stereocenters. The second-order valence-corrected chi connectivity index (χ2v) is 4.26. The van der Waals surface area contributed by atoms with Crippen molar-refractivity contribution in [3.05, 3.63) is 46.8 Å². The number of hydrogen-bond donors (Lipinski definition) is 1. The summed E-state index contributed by atoms with van der Waals surface area (Å²) in [6.07, 6.45) is 1.71. The van der Waals surface area contributed by atoms with Crippen molar-refractivity contribution < 1.29 is 8.83 Å². The highest BCUT2D eigenvalue weighted by Crippen LogP contribution is 2.31. The van der Waals surface area contributed by atoms with Gasteiger partial charge in [-0.15, -0.1) is 0 Å². The summed E-state index contributed by atoms with van der Waals surface area (Å²) >= 11 is 0. The summed E-state index contributed by atoms with van der Waals surface area (Å²) < 4.78 is 11.2. The molecule has 0 aliphatic rings. The Bertz CT molecular complexity index is 483. The highest BCUT2D eigenvalue weighted by atomic mass is 16.3. The van der Waals surface area contributed by atoms with Crippen LogP contribution in [0.25, 0.3) is 0 Å². The Morgan fingerprint density at radius 2 is 2.00 bits per heavy atom. The maximum Gasteiger partial charge on any atom is 0.125 e. The van der Waals surface area contributed by atoms with Crippen molar-refractivity contribution in [1.82, 2.24) is 5.32 Å². The fourth-order valence-electron chi connectivity index (χ4n) is 2.24. The molecular weight excluding hydrogens is 214 g/mol. The Balaban J connectivity index is 2.46. The molecule has 2 aromatic rings. The summed E-state index contributed by atoms with van der Waals surface area (Å²) in [5.74, 6) is 2.87. The van der Waals surface area contributed by atoms with Gasteiger partial charge in [-0.2, -0.15) is 0 Å². The molecule has 92 valence electrons. The van der Waals surface area contributed by atoms with Gasteiger partial charge in [0.2, 0.25) is 0 Å². The van der Waals surface area contributed by atoms with Crippen molar-refractivity contribution in [3.8, 4) is 0 Å². The fraction of sp³-hybridized carbons (Fsp3) is 0.429. The van der Waals surface area contributed by atoms with Crippen molar-refractivity contribution in [2.45, 2.75) is 33.7 Å². The van der Waals surface area contributed by atoms with Gasteiger partial charge >= 0.3 is 0 Å². The van der Waals surface area contributed by atoms with E-state index in [-0.39, 0.29) is 6.04 Å². The van der Waals surface area contributed by atoms with Crippen LogP contribution in [0.1, 0.15) is 41.4 Å². The van der Waals surface area contributed by atoms with Crippen LogP contribution in [0.2, 0.25) is 0 Å². The van der Waals surface area contributed by atoms with Gasteiger partial charge in [0, 0.05) is 5.56 Å². The fourth-order valence-corrected chi connectivity index (χ4v) is 2.24. The van der Waals surface area contributed by atoms with Crippen LogP contribution >= 0.6 is 0 Å². The van der Waals surface area contributed by atoms with Crippen LogP contribution < -0.4 is 5.32 Å². The van der Waals surface area contributed by atoms with Crippen LogP contribution in [-0.2, 0) is 0 Å². The van der Waals surface area contributed by atoms with Crippen molar-refractivity contribution >= 4 is 0 Å². The van der Waals surface area contributed by atoms with E-state index in [1.54, 1.807) is 6.26 Å². The van der Waals surface area contributed by atoms with Crippen molar-refractivity contribution in [2.75, 3.05) is 6.54 Å². The Morgan fingerprint density at radius 1 is 1.24 bits per heavy atom. The van der Waals surface area contributed by atoms with Crippen LogP contribution in [0.3, 0.4) is 0 Å². The van der Waals surface area contributed by atoms with E-state index in [9.17, 15) is 0 Å². The predicted octanol–water partition coefficient (Wildman–Crippen LogP) is 3.50. The lowest BCUT2D eigenvalue weighted by Gasteiger charge is -2.16. The molecule has 17 heavy (non-hydrogen) atoms. The zero-order valence-electron chi connectivity index (χ0n) is 10.8. The Morgan fingerprint density at radius 3 is 2.47 bits per heavy atom. The van der Waals surface area contributed by atoms with Gasteiger partial charge in [-0.3, -0.25) is 0 Å². The number of hydrogen-bond acceptors (Lipinski definition) is 3. The molecule has 3 nitrogen and oxygen atoms in total. The standard InChI is InChI=1S/C14H19NO2/c1-5-15-14(12-7-6-8-16-12)13-9(2)10(3)17-11(13)4/h6-8,14-15H,5H2,1-4H3. The minimum absolute atomic E-state index is 0.0763. The maximum atomic E-state index is 5.69. The van der Waals surface area contributed by atoms with E-state index in [2.05, 4.69) is 19.2 Å². The zero-order valence-corrected chi connectivity index (χ0v) is 10.8. The average molecular weight is 233 g/mol. The van der Waals surface area contributed by atoms with Gasteiger partial charge in [0.15, 0.2) is 0 Å². The van der Waals surface area contributed by atoms with Gasteiger partial charge in [-0.05, 0) is 45.0 Å². The first kappa shape index (κ1) is 12.0. The van der Waals surface area contributed by atoms with Gasteiger partial charge < -0.3 is 14.2 Å². The van der Waals surface area contributed by atoms with Gasteiger partial charge in [-0.1, -0.05) is 6.92 Å². The van der Waals surface area contributed by atoms with Crippen molar-refractivity contribution in [2.24, 2.45) is 0 Å². The monoisotopic (exact) mass is 233 g/mol. The van der Waals surface area contributed by atoms with Crippen molar-refractivity contribution in [3.63, 3.8) is 0 Å². The lowest BCUT2D eigenvalue weighted by Crippen LogP contribution is -2.22. The summed E-state index contributed by atoms with van der Waals surface area (Å²) in [5, 5.41) is 3.44. The number of rotatable bonds is 4. The summed E-state index contributed by atoms with van der Waals surface area (Å²) in [6, 6.07) is 3.98. The third-order valence-corrected chi connectivity index (χ3v) is 3.14.